The SMILES string of the molecule is Cc1ccc(C(=O)Oc2ccccc2NC(=O)C(c2ccc(Br)cc2)N(Cc2ccccc2)C(=O)CNC(=O)OC(C)(C)C)cc1. The van der Waals surface area contributed by atoms with E-state index < -0.39 is 42.1 Å². The number of nitrogens with zero attached hydrogens (tertiary/aromatic N) is 1. The molecular formula is C36H36BrN3O6. The fourth-order valence-electron chi connectivity index (χ4n) is 4.49. The van der Waals surface area contributed by atoms with E-state index in [-0.39, 0.29) is 18.0 Å². The van der Waals surface area contributed by atoms with E-state index >= 15 is 0 Å². The quantitative estimate of drug-likeness (QED) is 0.135. The molecule has 238 valence electrons. The van der Waals surface area contributed by atoms with Crippen LogP contribution in [0.3, 0.4) is 0 Å². The maximum Gasteiger partial charge on any atom is 0.408 e. The summed E-state index contributed by atoms with van der Waals surface area (Å²) in [5, 5.41) is 5.38. The molecule has 4 rings (SSSR count). The number of para-hydroxylation sites is 2. The Morgan fingerprint density at radius 2 is 1.46 bits per heavy atom. The average Bonchev–Trinajstić information content (AvgIpc) is 3.01. The van der Waals surface area contributed by atoms with Crippen LogP contribution in [0.4, 0.5) is 10.5 Å². The molecule has 0 bridgehead atoms. The number of alkyl carbamates (subject to hydrolysis) is 1. The first-order valence-corrected chi connectivity index (χ1v) is 15.4. The highest BCUT2D eigenvalue weighted by Gasteiger charge is 2.33. The number of esters is 1. The highest BCUT2D eigenvalue weighted by Crippen LogP contribution is 2.30. The molecule has 9 nitrogen and oxygen atoms in total. The lowest BCUT2D eigenvalue weighted by molar-refractivity contribution is -0.139. The van der Waals surface area contributed by atoms with Gasteiger partial charge in [0.15, 0.2) is 5.75 Å². The van der Waals surface area contributed by atoms with Crippen LogP contribution in [0.5, 0.6) is 5.75 Å². The number of nitrogens with one attached hydrogen (secondary N) is 2. The van der Waals surface area contributed by atoms with E-state index in [1.54, 1.807) is 81.4 Å². The molecule has 0 aliphatic rings. The fraction of sp³-hybridized carbons (Fsp3) is 0.222. The molecule has 0 spiro atoms. The van der Waals surface area contributed by atoms with E-state index in [0.29, 0.717) is 11.1 Å². The summed E-state index contributed by atoms with van der Waals surface area (Å²) in [4.78, 5) is 54.8. The Hall–Kier alpha value is -4.96. The lowest BCUT2D eigenvalue weighted by Crippen LogP contribution is -2.46. The molecule has 1 atom stereocenters. The number of ether oxygens (including phenoxy) is 2. The number of carbonyl (C=O) groups is 4. The fourth-order valence-corrected chi connectivity index (χ4v) is 4.76. The number of carbonyl (C=O) groups excluding carboxylic acids is 4. The third-order valence-electron chi connectivity index (χ3n) is 6.68. The summed E-state index contributed by atoms with van der Waals surface area (Å²) < 4.78 is 11.8. The van der Waals surface area contributed by atoms with Gasteiger partial charge < -0.3 is 25.0 Å². The van der Waals surface area contributed by atoms with E-state index in [2.05, 4.69) is 26.6 Å². The molecule has 0 saturated heterocycles. The molecule has 0 fully saturated rings. The van der Waals surface area contributed by atoms with Gasteiger partial charge in [-0.1, -0.05) is 88.2 Å². The summed E-state index contributed by atoms with van der Waals surface area (Å²) in [7, 11) is 0. The second-order valence-electron chi connectivity index (χ2n) is 11.6. The molecule has 0 aliphatic heterocycles. The Morgan fingerprint density at radius 1 is 0.826 bits per heavy atom. The van der Waals surface area contributed by atoms with Crippen LogP contribution in [0.15, 0.2) is 108 Å². The monoisotopic (exact) mass is 685 g/mol. The molecule has 1 unspecified atom stereocenters. The molecule has 2 N–H and O–H groups in total. The van der Waals surface area contributed by atoms with Crippen LogP contribution in [0.25, 0.3) is 0 Å². The van der Waals surface area contributed by atoms with E-state index in [1.807, 2.05) is 49.4 Å². The number of hydrogen-bond donors (Lipinski definition) is 2. The number of halogens is 1. The summed E-state index contributed by atoms with van der Waals surface area (Å²) >= 11 is 3.43. The number of anilines is 1. The van der Waals surface area contributed by atoms with Gasteiger partial charge in [-0.05, 0) is 75.2 Å². The number of benzene rings is 4. The van der Waals surface area contributed by atoms with Gasteiger partial charge in [-0.2, -0.15) is 0 Å². The van der Waals surface area contributed by atoms with Crippen LogP contribution in [0.1, 0.15) is 53.9 Å². The van der Waals surface area contributed by atoms with Crippen molar-refractivity contribution >= 4 is 45.5 Å². The largest absolute Gasteiger partial charge is 0.444 e. The summed E-state index contributed by atoms with van der Waals surface area (Å²) in [5.74, 6) is -1.51. The molecule has 4 aromatic carbocycles. The minimum atomic E-state index is -1.14. The molecule has 4 aromatic rings. The lowest BCUT2D eigenvalue weighted by Gasteiger charge is -2.32. The summed E-state index contributed by atoms with van der Waals surface area (Å²) in [6.07, 6.45) is -0.755. The summed E-state index contributed by atoms with van der Waals surface area (Å²) in [6, 6.07) is 28.6. The third-order valence-corrected chi connectivity index (χ3v) is 7.21. The van der Waals surface area contributed by atoms with Gasteiger partial charge in [0.05, 0.1) is 11.3 Å². The van der Waals surface area contributed by atoms with Crippen molar-refractivity contribution in [3.8, 4) is 5.75 Å². The molecule has 0 saturated carbocycles. The van der Waals surface area contributed by atoms with Crippen LogP contribution >= 0.6 is 15.9 Å². The van der Waals surface area contributed by atoms with Gasteiger partial charge in [0, 0.05) is 11.0 Å². The molecular weight excluding hydrogens is 650 g/mol. The maximum atomic E-state index is 14.2. The van der Waals surface area contributed by atoms with Crippen LogP contribution in [0, 0.1) is 6.92 Å². The molecule has 3 amide bonds. The molecule has 0 aromatic heterocycles. The number of rotatable bonds is 10. The van der Waals surface area contributed by atoms with Gasteiger partial charge in [0.1, 0.15) is 18.2 Å². The van der Waals surface area contributed by atoms with Crippen molar-refractivity contribution < 1.29 is 28.7 Å². The van der Waals surface area contributed by atoms with E-state index in [0.717, 1.165) is 15.6 Å². The van der Waals surface area contributed by atoms with Crippen molar-refractivity contribution in [3.05, 3.63) is 130 Å². The predicted octanol–water partition coefficient (Wildman–Crippen LogP) is 7.21. The van der Waals surface area contributed by atoms with Gasteiger partial charge in [-0.25, -0.2) is 9.59 Å². The molecule has 46 heavy (non-hydrogen) atoms. The highest BCUT2D eigenvalue weighted by molar-refractivity contribution is 9.10. The maximum absolute atomic E-state index is 14.2. The van der Waals surface area contributed by atoms with Gasteiger partial charge >= 0.3 is 12.1 Å². The van der Waals surface area contributed by atoms with Crippen LogP contribution in [0.2, 0.25) is 0 Å². The van der Waals surface area contributed by atoms with E-state index in [1.165, 1.54) is 4.90 Å². The van der Waals surface area contributed by atoms with Crippen molar-refractivity contribution in [1.29, 1.82) is 0 Å². The zero-order chi connectivity index (χ0) is 33.3. The lowest BCUT2D eigenvalue weighted by atomic mass is 10.0. The Bertz CT molecular complexity index is 1670. The normalized spacial score (nSPS) is 11.6. The predicted molar refractivity (Wildman–Crippen MR) is 179 cm³/mol. The van der Waals surface area contributed by atoms with Gasteiger partial charge in [-0.3, -0.25) is 9.59 Å². The van der Waals surface area contributed by atoms with Crippen molar-refractivity contribution in [3.63, 3.8) is 0 Å². The second kappa shape index (κ2) is 15.4. The molecule has 0 aliphatic carbocycles. The highest BCUT2D eigenvalue weighted by atomic mass is 79.9. The summed E-state index contributed by atoms with van der Waals surface area (Å²) in [5.41, 5.74) is 2.14. The van der Waals surface area contributed by atoms with Crippen LogP contribution < -0.4 is 15.4 Å². The molecule has 10 heteroatoms. The Labute approximate surface area is 277 Å². The number of aryl methyl sites for hydroxylation is 1. The van der Waals surface area contributed by atoms with E-state index in [4.69, 9.17) is 9.47 Å². The van der Waals surface area contributed by atoms with Crippen LogP contribution in [-0.4, -0.2) is 40.9 Å². The Balaban J connectivity index is 1.66. The van der Waals surface area contributed by atoms with Crippen molar-refractivity contribution in [2.45, 2.75) is 45.9 Å². The minimum absolute atomic E-state index is 0.0634. The number of hydrogen-bond acceptors (Lipinski definition) is 6. The Kier molecular flexibility index (Phi) is 11.3. The number of amides is 3. The van der Waals surface area contributed by atoms with Gasteiger partial charge in [-0.15, -0.1) is 0 Å². The van der Waals surface area contributed by atoms with Crippen molar-refractivity contribution in [2.24, 2.45) is 0 Å². The first-order valence-electron chi connectivity index (χ1n) is 14.6. The Morgan fingerprint density at radius 3 is 2.11 bits per heavy atom. The average molecular weight is 687 g/mol. The molecule has 0 heterocycles. The molecule has 0 radical (unpaired) electrons. The first-order chi connectivity index (χ1) is 21.9. The smallest absolute Gasteiger partial charge is 0.408 e. The van der Waals surface area contributed by atoms with E-state index in [9.17, 15) is 19.2 Å². The summed E-state index contributed by atoms with van der Waals surface area (Å²) in [6.45, 7) is 6.74. The van der Waals surface area contributed by atoms with Gasteiger partial charge in [0.2, 0.25) is 5.91 Å². The van der Waals surface area contributed by atoms with Crippen molar-refractivity contribution in [2.75, 3.05) is 11.9 Å². The second-order valence-corrected chi connectivity index (χ2v) is 12.5. The third kappa shape index (κ3) is 9.77. The van der Waals surface area contributed by atoms with Crippen LogP contribution in [-0.2, 0) is 20.9 Å². The van der Waals surface area contributed by atoms with Gasteiger partial charge in [0.25, 0.3) is 5.91 Å². The topological polar surface area (TPSA) is 114 Å². The first kappa shape index (κ1) is 33.9. The van der Waals surface area contributed by atoms with Crippen molar-refractivity contribution in [1.82, 2.24) is 10.2 Å². The zero-order valence-electron chi connectivity index (χ0n) is 26.1. The zero-order valence-corrected chi connectivity index (χ0v) is 27.7. The standard InChI is InChI=1S/C36H36BrN3O6/c1-24-14-16-27(17-15-24)34(43)45-30-13-9-8-12-29(30)39-33(42)32(26-18-20-28(37)21-19-26)40(23-25-10-6-5-7-11-25)31(41)22-38-35(44)46-36(2,3)4/h5-21,32H,22-23H2,1-4H3,(H,38,44)(H,39,42). The minimum Gasteiger partial charge on any atom is -0.444 e.